The van der Waals surface area contributed by atoms with Gasteiger partial charge in [-0.3, -0.25) is 0 Å². The number of aliphatic hydroxyl groups is 1. The fourth-order valence-electron chi connectivity index (χ4n) is 1.93. The fraction of sp³-hybridized carbons (Fsp3) is 0.200. The van der Waals surface area contributed by atoms with Gasteiger partial charge in [0.15, 0.2) is 0 Å². The summed E-state index contributed by atoms with van der Waals surface area (Å²) in [6, 6.07) is 14.7. The van der Waals surface area contributed by atoms with Crippen molar-refractivity contribution in [2.75, 3.05) is 0 Å². The van der Waals surface area contributed by atoms with E-state index < -0.39 is 22.2 Å². The van der Waals surface area contributed by atoms with Crippen molar-refractivity contribution < 1.29 is 13.5 Å². The van der Waals surface area contributed by atoms with Crippen molar-refractivity contribution in [2.24, 2.45) is 0 Å². The van der Waals surface area contributed by atoms with Gasteiger partial charge in [-0.2, -0.15) is 0 Å². The molecule has 0 aromatic heterocycles. The molecule has 112 valence electrons. The van der Waals surface area contributed by atoms with Crippen LogP contribution in [0.5, 0.6) is 0 Å². The lowest BCUT2D eigenvalue weighted by Gasteiger charge is -2.20. The van der Waals surface area contributed by atoms with Crippen LogP contribution in [0.25, 0.3) is 0 Å². The van der Waals surface area contributed by atoms with Crippen LogP contribution in [0.4, 0.5) is 0 Å². The van der Waals surface area contributed by atoms with Gasteiger partial charge < -0.3 is 5.11 Å². The Morgan fingerprint density at radius 1 is 1.05 bits per heavy atom. The Bertz CT molecular complexity index is 687. The predicted octanol–water partition coefficient (Wildman–Crippen LogP) is 2.85. The van der Waals surface area contributed by atoms with E-state index in [2.05, 4.69) is 20.7 Å². The third-order valence-electron chi connectivity index (χ3n) is 3.08. The first kappa shape index (κ1) is 16.2. The van der Waals surface area contributed by atoms with Crippen molar-refractivity contribution in [1.29, 1.82) is 0 Å². The van der Waals surface area contributed by atoms with Crippen molar-refractivity contribution in [1.82, 2.24) is 4.72 Å². The van der Waals surface area contributed by atoms with E-state index in [0.29, 0.717) is 5.56 Å². The zero-order valence-electron chi connectivity index (χ0n) is 11.4. The van der Waals surface area contributed by atoms with E-state index in [1.54, 1.807) is 43.3 Å². The molecule has 0 aliphatic heterocycles. The van der Waals surface area contributed by atoms with Crippen LogP contribution in [0.3, 0.4) is 0 Å². The van der Waals surface area contributed by atoms with Gasteiger partial charge in [0, 0.05) is 10.5 Å². The van der Waals surface area contributed by atoms with Gasteiger partial charge in [-0.05, 0) is 36.8 Å². The van der Waals surface area contributed by atoms with Crippen molar-refractivity contribution in [3.05, 3.63) is 64.6 Å². The molecule has 2 aromatic carbocycles. The third kappa shape index (κ3) is 4.14. The number of benzene rings is 2. The molecule has 0 saturated heterocycles. The summed E-state index contributed by atoms with van der Waals surface area (Å²) in [6.07, 6.45) is -0.906. The summed E-state index contributed by atoms with van der Waals surface area (Å²) in [7, 11) is -3.66. The van der Waals surface area contributed by atoms with Gasteiger partial charge in [0.1, 0.15) is 0 Å². The van der Waals surface area contributed by atoms with Crippen molar-refractivity contribution >= 4 is 26.0 Å². The highest BCUT2D eigenvalue weighted by Crippen LogP contribution is 2.19. The first-order valence-corrected chi connectivity index (χ1v) is 8.69. The van der Waals surface area contributed by atoms with Crippen molar-refractivity contribution in [3.63, 3.8) is 0 Å². The SMILES string of the molecule is CC(NS(=O)(=O)c1ccc(Br)cc1)C(O)c1ccccc1. The normalized spacial score (nSPS) is 14.6. The van der Waals surface area contributed by atoms with Gasteiger partial charge in [0.25, 0.3) is 0 Å². The maximum Gasteiger partial charge on any atom is 0.240 e. The molecule has 2 aromatic rings. The number of aliphatic hydroxyl groups excluding tert-OH is 1. The minimum absolute atomic E-state index is 0.165. The summed E-state index contributed by atoms with van der Waals surface area (Å²) in [4.78, 5) is 0.165. The second-order valence-corrected chi connectivity index (χ2v) is 7.35. The Morgan fingerprint density at radius 3 is 2.19 bits per heavy atom. The Kier molecular flexibility index (Phi) is 5.16. The summed E-state index contributed by atoms with van der Waals surface area (Å²) in [5.41, 5.74) is 0.670. The van der Waals surface area contributed by atoms with Gasteiger partial charge in [0.2, 0.25) is 10.0 Å². The monoisotopic (exact) mass is 369 g/mol. The number of nitrogens with one attached hydrogen (secondary N) is 1. The quantitative estimate of drug-likeness (QED) is 0.851. The first-order chi connectivity index (χ1) is 9.90. The van der Waals surface area contributed by atoms with Crippen LogP contribution in [0, 0.1) is 0 Å². The van der Waals surface area contributed by atoms with E-state index in [4.69, 9.17) is 0 Å². The van der Waals surface area contributed by atoms with Gasteiger partial charge in [-0.25, -0.2) is 13.1 Å². The molecule has 0 aliphatic carbocycles. The highest BCUT2D eigenvalue weighted by atomic mass is 79.9. The minimum atomic E-state index is -3.66. The number of hydrogen-bond donors (Lipinski definition) is 2. The highest BCUT2D eigenvalue weighted by Gasteiger charge is 2.23. The molecule has 6 heteroatoms. The van der Waals surface area contributed by atoms with Crippen LogP contribution < -0.4 is 4.72 Å². The van der Waals surface area contributed by atoms with Crippen LogP contribution >= 0.6 is 15.9 Å². The largest absolute Gasteiger partial charge is 0.387 e. The molecule has 4 nitrogen and oxygen atoms in total. The number of halogens is 1. The van der Waals surface area contributed by atoms with E-state index in [-0.39, 0.29) is 4.90 Å². The molecule has 2 atom stereocenters. The van der Waals surface area contributed by atoms with E-state index in [1.165, 1.54) is 12.1 Å². The van der Waals surface area contributed by atoms with Crippen LogP contribution in [0.1, 0.15) is 18.6 Å². The molecule has 0 bridgehead atoms. The topological polar surface area (TPSA) is 66.4 Å². The van der Waals surface area contributed by atoms with E-state index in [0.717, 1.165) is 4.47 Å². The second-order valence-electron chi connectivity index (χ2n) is 4.72. The van der Waals surface area contributed by atoms with E-state index >= 15 is 0 Å². The minimum Gasteiger partial charge on any atom is -0.387 e. The lowest BCUT2D eigenvalue weighted by Crippen LogP contribution is -2.37. The van der Waals surface area contributed by atoms with Crippen molar-refractivity contribution in [2.45, 2.75) is 24.0 Å². The number of hydrogen-bond acceptors (Lipinski definition) is 3. The van der Waals surface area contributed by atoms with Gasteiger partial charge in [-0.1, -0.05) is 46.3 Å². The maximum atomic E-state index is 12.3. The van der Waals surface area contributed by atoms with Crippen molar-refractivity contribution in [3.8, 4) is 0 Å². The van der Waals surface area contributed by atoms with Crippen LogP contribution in [0.15, 0.2) is 64.0 Å². The molecule has 0 amide bonds. The molecule has 2 rings (SSSR count). The standard InChI is InChI=1S/C15H16BrNO3S/c1-11(15(18)12-5-3-2-4-6-12)17-21(19,20)14-9-7-13(16)8-10-14/h2-11,15,17-18H,1H3. The van der Waals surface area contributed by atoms with E-state index in [1.807, 2.05) is 6.07 Å². The molecule has 0 spiro atoms. The predicted molar refractivity (Wildman–Crippen MR) is 85.3 cm³/mol. The fourth-order valence-corrected chi connectivity index (χ4v) is 3.44. The molecule has 2 unspecified atom stereocenters. The second kappa shape index (κ2) is 6.70. The molecule has 2 N–H and O–H groups in total. The van der Waals surface area contributed by atoms with Gasteiger partial charge >= 0.3 is 0 Å². The Labute approximate surface area is 133 Å². The lowest BCUT2D eigenvalue weighted by atomic mass is 10.0. The summed E-state index contributed by atoms with van der Waals surface area (Å²) < 4.78 is 27.8. The highest BCUT2D eigenvalue weighted by molar-refractivity contribution is 9.10. The third-order valence-corrected chi connectivity index (χ3v) is 5.18. The van der Waals surface area contributed by atoms with Crippen LogP contribution in [-0.2, 0) is 10.0 Å². The average Bonchev–Trinajstić information content (AvgIpc) is 2.47. The molecule has 0 fully saturated rings. The summed E-state index contributed by atoms with van der Waals surface area (Å²) in [6.45, 7) is 1.63. The Morgan fingerprint density at radius 2 is 1.62 bits per heavy atom. The zero-order valence-corrected chi connectivity index (χ0v) is 13.8. The van der Waals surface area contributed by atoms with Gasteiger partial charge in [-0.15, -0.1) is 0 Å². The van der Waals surface area contributed by atoms with E-state index in [9.17, 15) is 13.5 Å². The number of rotatable bonds is 5. The molecule has 0 aliphatic rings. The molecular weight excluding hydrogens is 354 g/mol. The molecule has 0 heterocycles. The van der Waals surface area contributed by atoms with Crippen LogP contribution in [-0.4, -0.2) is 19.6 Å². The van der Waals surface area contributed by atoms with Gasteiger partial charge in [0.05, 0.1) is 11.0 Å². The smallest absolute Gasteiger partial charge is 0.240 e. The number of sulfonamides is 1. The molecular formula is C15H16BrNO3S. The summed E-state index contributed by atoms with van der Waals surface area (Å²) in [5, 5.41) is 10.2. The summed E-state index contributed by atoms with van der Waals surface area (Å²) >= 11 is 3.26. The summed E-state index contributed by atoms with van der Waals surface area (Å²) in [5.74, 6) is 0. The lowest BCUT2D eigenvalue weighted by molar-refractivity contribution is 0.146. The molecule has 0 saturated carbocycles. The Balaban J connectivity index is 2.14. The Hall–Kier alpha value is -1.21. The first-order valence-electron chi connectivity index (χ1n) is 6.41. The maximum absolute atomic E-state index is 12.3. The zero-order chi connectivity index (χ0) is 15.5. The average molecular weight is 370 g/mol. The van der Waals surface area contributed by atoms with Crippen LogP contribution in [0.2, 0.25) is 0 Å². The molecule has 21 heavy (non-hydrogen) atoms. The molecule has 0 radical (unpaired) electrons.